The minimum atomic E-state index is 0.130. The third-order valence-electron chi connectivity index (χ3n) is 3.56. The topological polar surface area (TPSA) is 50.4 Å². The molecule has 4 heteroatoms. The van der Waals surface area contributed by atoms with E-state index in [4.69, 9.17) is 4.74 Å². The van der Waals surface area contributed by atoms with Gasteiger partial charge in [-0.15, -0.1) is 0 Å². The van der Waals surface area contributed by atoms with Crippen molar-refractivity contribution in [3.8, 4) is 5.75 Å². The van der Waals surface area contributed by atoms with Gasteiger partial charge in [-0.25, -0.2) is 0 Å². The smallest absolute Gasteiger partial charge is 0.220 e. The molecule has 0 unspecified atom stereocenters. The summed E-state index contributed by atoms with van der Waals surface area (Å²) in [5.74, 6) is 1.02. The summed E-state index contributed by atoms with van der Waals surface area (Å²) in [6, 6.07) is 8.23. The normalized spacial score (nSPS) is 18.6. The van der Waals surface area contributed by atoms with Crippen LogP contribution in [0.2, 0.25) is 0 Å². The fourth-order valence-corrected chi connectivity index (χ4v) is 2.53. The number of hydrogen-bond donors (Lipinski definition) is 2. The van der Waals surface area contributed by atoms with Gasteiger partial charge >= 0.3 is 0 Å². The number of para-hydroxylation sites is 1. The number of amides is 1. The maximum Gasteiger partial charge on any atom is 0.220 e. The number of aryl methyl sites for hydroxylation is 1. The third kappa shape index (κ3) is 4.53. The van der Waals surface area contributed by atoms with Crippen LogP contribution in [0.3, 0.4) is 0 Å². The fraction of sp³-hybridized carbons (Fsp3) is 0.562. The van der Waals surface area contributed by atoms with E-state index in [1.54, 1.807) is 0 Å². The van der Waals surface area contributed by atoms with Crippen molar-refractivity contribution in [2.45, 2.75) is 38.6 Å². The van der Waals surface area contributed by atoms with Crippen molar-refractivity contribution in [2.24, 2.45) is 0 Å². The van der Waals surface area contributed by atoms with Gasteiger partial charge in [-0.1, -0.05) is 18.2 Å². The highest BCUT2D eigenvalue weighted by Crippen LogP contribution is 2.19. The Labute approximate surface area is 120 Å². The lowest BCUT2D eigenvalue weighted by Crippen LogP contribution is -2.45. The Morgan fingerprint density at radius 2 is 2.30 bits per heavy atom. The van der Waals surface area contributed by atoms with Crippen LogP contribution in [0.15, 0.2) is 24.3 Å². The summed E-state index contributed by atoms with van der Waals surface area (Å²) in [5, 5.41) is 6.40. The van der Waals surface area contributed by atoms with Crippen molar-refractivity contribution in [1.29, 1.82) is 0 Å². The molecule has 1 atom stereocenters. The highest BCUT2D eigenvalue weighted by molar-refractivity contribution is 5.76. The van der Waals surface area contributed by atoms with E-state index in [-0.39, 0.29) is 5.91 Å². The summed E-state index contributed by atoms with van der Waals surface area (Å²) < 4.78 is 5.58. The van der Waals surface area contributed by atoms with Crippen molar-refractivity contribution in [3.63, 3.8) is 0 Å². The molecule has 1 aliphatic heterocycles. The minimum absolute atomic E-state index is 0.130. The molecule has 0 bridgehead atoms. The van der Waals surface area contributed by atoms with Crippen molar-refractivity contribution in [2.75, 3.05) is 19.7 Å². The monoisotopic (exact) mass is 276 g/mol. The second-order valence-corrected chi connectivity index (χ2v) is 5.15. The van der Waals surface area contributed by atoms with Gasteiger partial charge in [0.2, 0.25) is 5.91 Å². The number of carbonyl (C=O) groups is 1. The zero-order valence-electron chi connectivity index (χ0n) is 12.2. The van der Waals surface area contributed by atoms with Crippen molar-refractivity contribution in [3.05, 3.63) is 29.8 Å². The highest BCUT2D eigenvalue weighted by Gasteiger charge is 2.15. The van der Waals surface area contributed by atoms with Crippen molar-refractivity contribution >= 4 is 5.91 Å². The van der Waals surface area contributed by atoms with E-state index in [1.165, 1.54) is 0 Å². The van der Waals surface area contributed by atoms with E-state index in [1.807, 2.05) is 31.2 Å². The molecular weight excluding hydrogens is 252 g/mol. The Morgan fingerprint density at radius 1 is 1.45 bits per heavy atom. The van der Waals surface area contributed by atoms with Crippen LogP contribution in [-0.4, -0.2) is 31.6 Å². The molecule has 1 amide bonds. The van der Waals surface area contributed by atoms with Crippen molar-refractivity contribution in [1.82, 2.24) is 10.6 Å². The first kappa shape index (κ1) is 14.9. The Balaban J connectivity index is 1.80. The lowest BCUT2D eigenvalue weighted by molar-refractivity contribution is -0.121. The Morgan fingerprint density at radius 3 is 3.05 bits per heavy atom. The second-order valence-electron chi connectivity index (χ2n) is 5.15. The summed E-state index contributed by atoms with van der Waals surface area (Å²) in [6.45, 7) is 4.58. The molecule has 4 nitrogen and oxygen atoms in total. The molecule has 2 rings (SSSR count). The quantitative estimate of drug-likeness (QED) is 0.834. The minimum Gasteiger partial charge on any atom is -0.494 e. The lowest BCUT2D eigenvalue weighted by Gasteiger charge is -2.23. The van der Waals surface area contributed by atoms with Gasteiger partial charge < -0.3 is 15.4 Å². The van der Waals surface area contributed by atoms with E-state index < -0.39 is 0 Å². The second kappa shape index (κ2) is 7.90. The molecule has 0 spiro atoms. The molecule has 0 saturated carbocycles. The molecule has 2 N–H and O–H groups in total. The molecule has 0 radical (unpaired) electrons. The zero-order valence-corrected chi connectivity index (χ0v) is 12.2. The van der Waals surface area contributed by atoms with Gasteiger partial charge in [0.1, 0.15) is 5.75 Å². The highest BCUT2D eigenvalue weighted by atomic mass is 16.5. The molecule has 0 aliphatic carbocycles. The van der Waals surface area contributed by atoms with E-state index in [9.17, 15) is 4.79 Å². The van der Waals surface area contributed by atoms with Crippen LogP contribution in [0.25, 0.3) is 0 Å². The van der Waals surface area contributed by atoms with E-state index in [0.29, 0.717) is 19.1 Å². The summed E-state index contributed by atoms with van der Waals surface area (Å²) >= 11 is 0. The predicted molar refractivity (Wildman–Crippen MR) is 80.0 cm³/mol. The van der Waals surface area contributed by atoms with Crippen LogP contribution >= 0.6 is 0 Å². The van der Waals surface area contributed by atoms with Gasteiger partial charge in [0.05, 0.1) is 6.61 Å². The molecule has 1 heterocycles. The van der Waals surface area contributed by atoms with Crippen LogP contribution in [0.1, 0.15) is 31.7 Å². The number of piperidine rings is 1. The van der Waals surface area contributed by atoms with E-state index >= 15 is 0 Å². The van der Waals surface area contributed by atoms with Gasteiger partial charge in [0.25, 0.3) is 0 Å². The van der Waals surface area contributed by atoms with Crippen LogP contribution in [-0.2, 0) is 11.2 Å². The van der Waals surface area contributed by atoms with E-state index in [0.717, 1.165) is 43.7 Å². The van der Waals surface area contributed by atoms with Crippen molar-refractivity contribution < 1.29 is 9.53 Å². The first-order chi connectivity index (χ1) is 9.79. The van der Waals surface area contributed by atoms with Gasteiger partial charge in [-0.05, 0) is 44.4 Å². The molecule has 110 valence electrons. The number of nitrogens with one attached hydrogen (secondary N) is 2. The maximum absolute atomic E-state index is 12.0. The SMILES string of the molecule is CCOc1ccccc1CCC(=O)N[C@H]1CCCNC1. The number of rotatable bonds is 6. The summed E-state index contributed by atoms with van der Waals surface area (Å²) in [7, 11) is 0. The molecule has 1 aromatic carbocycles. The summed E-state index contributed by atoms with van der Waals surface area (Å²) in [6.07, 6.45) is 3.45. The van der Waals surface area contributed by atoms with Crippen LogP contribution < -0.4 is 15.4 Å². The molecule has 1 saturated heterocycles. The largest absolute Gasteiger partial charge is 0.494 e. The number of benzene rings is 1. The van der Waals surface area contributed by atoms with E-state index in [2.05, 4.69) is 10.6 Å². The van der Waals surface area contributed by atoms with Crippen LogP contribution in [0.4, 0.5) is 0 Å². The van der Waals surface area contributed by atoms with Gasteiger partial charge in [-0.2, -0.15) is 0 Å². The molecule has 1 fully saturated rings. The van der Waals surface area contributed by atoms with Gasteiger partial charge in [0, 0.05) is 19.0 Å². The number of hydrogen-bond acceptors (Lipinski definition) is 3. The van der Waals surface area contributed by atoms with Crippen LogP contribution in [0, 0.1) is 0 Å². The Bertz CT molecular complexity index is 428. The first-order valence-electron chi connectivity index (χ1n) is 7.50. The summed E-state index contributed by atoms with van der Waals surface area (Å²) in [4.78, 5) is 12.0. The molecule has 20 heavy (non-hydrogen) atoms. The first-order valence-corrected chi connectivity index (χ1v) is 7.50. The summed E-state index contributed by atoms with van der Waals surface area (Å²) in [5.41, 5.74) is 1.10. The Hall–Kier alpha value is -1.55. The Kier molecular flexibility index (Phi) is 5.87. The number of carbonyl (C=O) groups excluding carboxylic acids is 1. The molecule has 1 aromatic rings. The average Bonchev–Trinajstić information content (AvgIpc) is 2.48. The predicted octanol–water partition coefficient (Wildman–Crippen LogP) is 1.89. The third-order valence-corrected chi connectivity index (χ3v) is 3.56. The van der Waals surface area contributed by atoms with Gasteiger partial charge in [-0.3, -0.25) is 4.79 Å². The maximum atomic E-state index is 12.0. The standard InChI is InChI=1S/C16H24N2O2/c1-2-20-15-8-4-3-6-13(15)9-10-16(19)18-14-7-5-11-17-12-14/h3-4,6,8,14,17H,2,5,7,9-12H2,1H3,(H,18,19)/t14-/m0/s1. The lowest BCUT2D eigenvalue weighted by atomic mass is 10.1. The molecular formula is C16H24N2O2. The fourth-order valence-electron chi connectivity index (χ4n) is 2.53. The average molecular weight is 276 g/mol. The number of ether oxygens (including phenoxy) is 1. The molecule has 1 aliphatic rings. The zero-order chi connectivity index (χ0) is 14.2. The van der Waals surface area contributed by atoms with Crippen LogP contribution in [0.5, 0.6) is 5.75 Å². The molecule has 0 aromatic heterocycles. The van der Waals surface area contributed by atoms with Gasteiger partial charge in [0.15, 0.2) is 0 Å².